The Hall–Kier alpha value is -3.24. The van der Waals surface area contributed by atoms with Crippen LogP contribution in [0.2, 0.25) is 10.0 Å². The molecule has 0 spiro atoms. The fraction of sp³-hybridized carbons (Fsp3) is 0.353. The van der Waals surface area contributed by atoms with E-state index in [1.807, 2.05) is 48.5 Å². The van der Waals surface area contributed by atoms with Gasteiger partial charge < -0.3 is 30.6 Å². The van der Waals surface area contributed by atoms with Crippen molar-refractivity contribution >= 4 is 34.8 Å². The van der Waals surface area contributed by atoms with Gasteiger partial charge in [-0.1, -0.05) is 71.7 Å². The zero-order chi connectivity index (χ0) is 30.8. The van der Waals surface area contributed by atoms with Crippen LogP contribution in [0.1, 0.15) is 36.1 Å². The fourth-order valence-corrected chi connectivity index (χ4v) is 6.97. The molecule has 6 rings (SSSR count). The Morgan fingerprint density at radius 2 is 1.07 bits per heavy atom. The number of fused-ring (bicyclic) bond motifs is 2. The first-order chi connectivity index (χ1) is 21.4. The normalized spacial score (nSPS) is 17.9. The molecule has 0 amide bonds. The molecule has 44 heavy (non-hydrogen) atoms. The van der Waals surface area contributed by atoms with Gasteiger partial charge in [0.25, 0.3) is 0 Å². The molecule has 2 aliphatic rings. The van der Waals surface area contributed by atoms with Crippen LogP contribution in [0.25, 0.3) is 33.6 Å². The maximum absolute atomic E-state index is 9.31. The first-order valence-corrected chi connectivity index (χ1v) is 15.9. The van der Waals surface area contributed by atoms with Crippen molar-refractivity contribution in [3.8, 4) is 33.6 Å². The highest BCUT2D eigenvalue weighted by molar-refractivity contribution is 6.39. The summed E-state index contributed by atoms with van der Waals surface area (Å²) in [7, 11) is 4.11. The minimum atomic E-state index is 0.0995. The minimum absolute atomic E-state index is 0.0995. The molecule has 10 heteroatoms. The SMILES string of the molecule is CN1CC[C@H](NCCO)c2ccc(-c3cccc(-c4cccc(-c5ccc6c(n5)N(C)CC[C@@H]6NCCO)c4Cl)c3Cl)nc21. The lowest BCUT2D eigenvalue weighted by Gasteiger charge is -2.33. The summed E-state index contributed by atoms with van der Waals surface area (Å²) in [6, 6.07) is 20.5. The Kier molecular flexibility index (Phi) is 9.37. The molecule has 0 unspecified atom stereocenters. The number of pyridine rings is 2. The quantitative estimate of drug-likeness (QED) is 0.186. The number of nitrogens with one attached hydrogen (secondary N) is 2. The molecule has 0 radical (unpaired) electrons. The third-order valence-corrected chi connectivity index (χ3v) is 9.45. The van der Waals surface area contributed by atoms with Gasteiger partial charge in [0.1, 0.15) is 11.6 Å². The molecule has 4 N–H and O–H groups in total. The molecule has 2 aliphatic heterocycles. The monoisotopic (exact) mass is 632 g/mol. The zero-order valence-electron chi connectivity index (χ0n) is 25.0. The number of hydrogen-bond acceptors (Lipinski definition) is 8. The number of halogens is 2. The Morgan fingerprint density at radius 3 is 1.48 bits per heavy atom. The van der Waals surface area contributed by atoms with Crippen LogP contribution in [0.4, 0.5) is 11.6 Å². The molecule has 4 heterocycles. The van der Waals surface area contributed by atoms with Gasteiger partial charge in [0.2, 0.25) is 0 Å². The Bertz CT molecular complexity index is 1530. The average molecular weight is 634 g/mol. The first-order valence-electron chi connectivity index (χ1n) is 15.1. The van der Waals surface area contributed by atoms with Gasteiger partial charge in [-0.05, 0) is 25.0 Å². The molecule has 230 valence electrons. The van der Waals surface area contributed by atoms with Crippen LogP contribution < -0.4 is 20.4 Å². The lowest BCUT2D eigenvalue weighted by Crippen LogP contribution is -2.35. The van der Waals surface area contributed by atoms with Gasteiger partial charge in [-0.2, -0.15) is 0 Å². The van der Waals surface area contributed by atoms with Crippen molar-refractivity contribution in [1.29, 1.82) is 0 Å². The third-order valence-electron chi connectivity index (χ3n) is 8.64. The molecule has 2 atom stereocenters. The molecule has 2 aromatic heterocycles. The molecular weight excluding hydrogens is 595 g/mol. The first kappa shape index (κ1) is 30.8. The molecular formula is C34H38Cl2N6O2. The van der Waals surface area contributed by atoms with Gasteiger partial charge in [-0.25, -0.2) is 9.97 Å². The van der Waals surface area contributed by atoms with Gasteiger partial charge in [0, 0.05) is 85.7 Å². The molecule has 0 bridgehead atoms. The van der Waals surface area contributed by atoms with Crippen molar-refractivity contribution in [2.24, 2.45) is 0 Å². The van der Waals surface area contributed by atoms with E-state index < -0.39 is 0 Å². The van der Waals surface area contributed by atoms with Crippen LogP contribution in [0.5, 0.6) is 0 Å². The summed E-state index contributed by atoms with van der Waals surface area (Å²) in [5, 5.41) is 26.6. The van der Waals surface area contributed by atoms with Crippen molar-refractivity contribution < 1.29 is 10.2 Å². The van der Waals surface area contributed by atoms with Crippen LogP contribution in [-0.2, 0) is 0 Å². The number of aliphatic hydroxyl groups excluding tert-OH is 2. The van der Waals surface area contributed by atoms with Crippen molar-refractivity contribution in [3.05, 3.63) is 81.8 Å². The lowest BCUT2D eigenvalue weighted by atomic mass is 9.95. The van der Waals surface area contributed by atoms with Gasteiger partial charge in [0.05, 0.1) is 34.6 Å². The molecule has 8 nitrogen and oxygen atoms in total. The second-order valence-electron chi connectivity index (χ2n) is 11.4. The van der Waals surface area contributed by atoms with E-state index in [1.165, 1.54) is 0 Å². The molecule has 2 aromatic carbocycles. The summed E-state index contributed by atoms with van der Waals surface area (Å²) in [5.41, 5.74) is 7.16. The van der Waals surface area contributed by atoms with Gasteiger partial charge in [-0.15, -0.1) is 0 Å². The van der Waals surface area contributed by atoms with E-state index >= 15 is 0 Å². The van der Waals surface area contributed by atoms with Gasteiger partial charge in [0.15, 0.2) is 0 Å². The topological polar surface area (TPSA) is 96.8 Å². The Labute approximate surface area is 268 Å². The second-order valence-corrected chi connectivity index (χ2v) is 12.2. The predicted molar refractivity (Wildman–Crippen MR) is 180 cm³/mol. The van der Waals surface area contributed by atoms with Gasteiger partial charge >= 0.3 is 0 Å². The summed E-state index contributed by atoms with van der Waals surface area (Å²) in [4.78, 5) is 14.4. The smallest absolute Gasteiger partial charge is 0.133 e. The van der Waals surface area contributed by atoms with E-state index in [-0.39, 0.29) is 25.3 Å². The van der Waals surface area contributed by atoms with Gasteiger partial charge in [-0.3, -0.25) is 0 Å². The van der Waals surface area contributed by atoms with E-state index in [4.69, 9.17) is 33.2 Å². The maximum atomic E-state index is 9.31. The number of benzene rings is 2. The van der Waals surface area contributed by atoms with Crippen LogP contribution >= 0.6 is 23.2 Å². The standard InChI is InChI=1S/C34H38Cl2N6O2/c1-41-17-13-27(37-15-19-43)25-9-11-29(39-33(25)41)23-7-3-5-21(31(23)35)22-6-4-8-24(32(22)36)30-12-10-26-28(38-16-20-44)14-18-42(2)34(26)40-30/h3-12,27-28,37-38,43-44H,13-20H2,1-2H3/t27-,28-/m0/s1. The van der Waals surface area contributed by atoms with E-state index in [2.05, 4.69) is 46.7 Å². The number of hydrogen-bond donors (Lipinski definition) is 4. The van der Waals surface area contributed by atoms with Crippen LogP contribution in [0.15, 0.2) is 60.7 Å². The minimum Gasteiger partial charge on any atom is -0.395 e. The summed E-state index contributed by atoms with van der Waals surface area (Å²) in [5.74, 6) is 1.84. The summed E-state index contributed by atoms with van der Waals surface area (Å²) >= 11 is 14.3. The largest absolute Gasteiger partial charge is 0.395 e. The van der Waals surface area contributed by atoms with Crippen LogP contribution in [-0.4, -0.2) is 73.7 Å². The Morgan fingerprint density at radius 1 is 0.659 bits per heavy atom. The molecule has 0 saturated carbocycles. The second kappa shape index (κ2) is 13.4. The third kappa shape index (κ3) is 5.90. The average Bonchev–Trinajstić information content (AvgIpc) is 3.04. The molecule has 0 saturated heterocycles. The highest BCUT2D eigenvalue weighted by Crippen LogP contribution is 2.43. The summed E-state index contributed by atoms with van der Waals surface area (Å²) in [6.45, 7) is 3.03. The molecule has 0 aliphatic carbocycles. The number of anilines is 2. The molecule has 4 aromatic rings. The Balaban J connectivity index is 1.35. The van der Waals surface area contributed by atoms with Crippen molar-refractivity contribution in [2.45, 2.75) is 24.9 Å². The maximum Gasteiger partial charge on any atom is 0.133 e. The van der Waals surface area contributed by atoms with Crippen molar-refractivity contribution in [1.82, 2.24) is 20.6 Å². The van der Waals surface area contributed by atoms with Crippen LogP contribution in [0, 0.1) is 0 Å². The predicted octanol–water partition coefficient (Wildman–Crippen LogP) is 5.71. The summed E-state index contributed by atoms with van der Waals surface area (Å²) < 4.78 is 0. The van der Waals surface area contributed by atoms with E-state index in [0.717, 1.165) is 82.3 Å². The summed E-state index contributed by atoms with van der Waals surface area (Å²) in [6.07, 6.45) is 1.90. The number of aromatic nitrogens is 2. The number of nitrogens with zero attached hydrogens (tertiary/aromatic N) is 4. The lowest BCUT2D eigenvalue weighted by molar-refractivity contribution is 0.281. The number of rotatable bonds is 9. The zero-order valence-corrected chi connectivity index (χ0v) is 26.5. The van der Waals surface area contributed by atoms with E-state index in [9.17, 15) is 10.2 Å². The molecule has 0 fully saturated rings. The number of aliphatic hydroxyl groups is 2. The highest BCUT2D eigenvalue weighted by atomic mass is 35.5. The van der Waals surface area contributed by atoms with E-state index in [1.54, 1.807) is 0 Å². The highest BCUT2D eigenvalue weighted by Gasteiger charge is 2.27. The van der Waals surface area contributed by atoms with Crippen molar-refractivity contribution in [3.63, 3.8) is 0 Å². The fourth-order valence-electron chi connectivity index (χ4n) is 6.32. The van der Waals surface area contributed by atoms with Crippen molar-refractivity contribution in [2.75, 3.05) is 63.3 Å². The van der Waals surface area contributed by atoms with Crippen LogP contribution in [0.3, 0.4) is 0 Å². The van der Waals surface area contributed by atoms with E-state index in [0.29, 0.717) is 23.1 Å².